The van der Waals surface area contributed by atoms with Gasteiger partial charge in [0.1, 0.15) is 30.4 Å². The maximum Gasteiger partial charge on any atom is 0.387 e. The fourth-order valence-electron chi connectivity index (χ4n) is 4.26. The summed E-state index contributed by atoms with van der Waals surface area (Å²) >= 11 is 9.11. The molecule has 40 heavy (non-hydrogen) atoms. The van der Waals surface area contributed by atoms with Crippen LogP contribution in [0.2, 0.25) is 0 Å². The molecule has 2 aliphatic rings. The van der Waals surface area contributed by atoms with Crippen molar-refractivity contribution in [3.63, 3.8) is 0 Å². The molecular formula is C17H20FN10O8P2S2+. The lowest BCUT2D eigenvalue weighted by atomic mass is 10.1. The largest absolute Gasteiger partial charge is 0.387 e. The van der Waals surface area contributed by atoms with E-state index in [1.165, 1.54) is 12.5 Å². The van der Waals surface area contributed by atoms with Gasteiger partial charge in [-0.05, 0) is 16.9 Å². The minimum Gasteiger partial charge on any atom is -0.355 e. The molecule has 0 radical (unpaired) electrons. The summed E-state index contributed by atoms with van der Waals surface area (Å²) in [6.07, 6.45) is -3.78. The number of aromatic nitrogens is 9. The highest BCUT2D eigenvalue weighted by Crippen LogP contribution is 2.57. The smallest absolute Gasteiger partial charge is 0.355 e. The molecule has 6 atom stereocenters. The highest BCUT2D eigenvalue weighted by molar-refractivity contribution is 8.44. The molecule has 214 valence electrons. The minimum atomic E-state index is -4.31. The molecule has 0 aromatic carbocycles. The Morgan fingerprint density at radius 2 is 2.15 bits per heavy atom. The maximum absolute atomic E-state index is 15.8. The number of alkyl halides is 1. The molecule has 6 rings (SSSR count). The highest BCUT2D eigenvalue weighted by Gasteiger charge is 2.53. The fraction of sp³-hybridized carbons (Fsp3) is 0.471. The molecule has 4 aromatic rings. The summed E-state index contributed by atoms with van der Waals surface area (Å²) in [4.78, 5) is 41.6. The van der Waals surface area contributed by atoms with Gasteiger partial charge in [-0.2, -0.15) is 0 Å². The van der Waals surface area contributed by atoms with Crippen molar-refractivity contribution in [1.29, 1.82) is 0 Å². The van der Waals surface area contributed by atoms with Crippen LogP contribution >= 0.6 is 25.8 Å². The Kier molecular flexibility index (Phi) is 7.22. The molecule has 6 unspecified atom stereocenters. The Morgan fingerprint density at radius 1 is 1.32 bits per heavy atom. The number of fused-ring (bicyclic) bond motifs is 6. The predicted octanol–water partition coefficient (Wildman–Crippen LogP) is -0.205. The van der Waals surface area contributed by atoms with Crippen LogP contribution in [0.15, 0.2) is 17.3 Å². The normalized spacial score (nSPS) is 32.1. The summed E-state index contributed by atoms with van der Waals surface area (Å²) in [5.74, 6) is -0.0103. The van der Waals surface area contributed by atoms with E-state index >= 15 is 4.39 Å². The van der Waals surface area contributed by atoms with Gasteiger partial charge in [0.15, 0.2) is 17.9 Å². The average Bonchev–Trinajstić information content (AvgIpc) is 3.55. The first-order chi connectivity index (χ1) is 19.0. The van der Waals surface area contributed by atoms with Gasteiger partial charge in [-0.3, -0.25) is 18.8 Å². The van der Waals surface area contributed by atoms with Crippen LogP contribution in [0.5, 0.6) is 0 Å². The van der Waals surface area contributed by atoms with Crippen molar-refractivity contribution in [2.75, 3.05) is 18.9 Å². The summed E-state index contributed by atoms with van der Waals surface area (Å²) in [6, 6.07) is 0. The molecule has 0 spiro atoms. The number of hydrogen-bond acceptors (Lipinski definition) is 14. The second kappa shape index (κ2) is 10.4. The van der Waals surface area contributed by atoms with Gasteiger partial charge < -0.3 is 29.0 Å². The maximum atomic E-state index is 15.8. The first-order valence-corrected chi connectivity index (χ1v) is 16.7. The number of nitrogen functional groups attached to an aromatic ring is 1. The Morgan fingerprint density at radius 3 is 2.98 bits per heavy atom. The van der Waals surface area contributed by atoms with Crippen LogP contribution in [0.3, 0.4) is 0 Å². The van der Waals surface area contributed by atoms with Gasteiger partial charge >= 0.3 is 30.2 Å². The van der Waals surface area contributed by atoms with Gasteiger partial charge in [-0.25, -0.2) is 23.9 Å². The van der Waals surface area contributed by atoms with E-state index in [0.717, 1.165) is 4.68 Å². The van der Waals surface area contributed by atoms with Crippen molar-refractivity contribution in [2.24, 2.45) is 0 Å². The molecule has 0 aliphatic carbocycles. The Balaban J connectivity index is 1.38. The number of imidazole rings is 1. The average molecular weight is 637 g/mol. The predicted molar refractivity (Wildman–Crippen MR) is 138 cm³/mol. The Labute approximate surface area is 232 Å². The molecule has 0 amide bonds. The van der Waals surface area contributed by atoms with Crippen LogP contribution in [0.1, 0.15) is 12.1 Å². The molecule has 5 N–H and O–H groups in total. The van der Waals surface area contributed by atoms with E-state index in [-0.39, 0.29) is 36.1 Å². The number of nitrogens with zero attached hydrogens (tertiary/aromatic N) is 7. The first-order valence-electron chi connectivity index (χ1n) is 11.4. The number of H-pyrrole nitrogens is 2. The van der Waals surface area contributed by atoms with E-state index in [0.29, 0.717) is 11.2 Å². The van der Waals surface area contributed by atoms with Crippen molar-refractivity contribution >= 4 is 65.8 Å². The second-order valence-electron chi connectivity index (χ2n) is 8.54. The van der Waals surface area contributed by atoms with Crippen LogP contribution in [-0.4, -0.2) is 76.3 Å². The van der Waals surface area contributed by atoms with E-state index in [1.807, 2.05) is 0 Å². The molecule has 2 bridgehead atoms. The number of hydrogen-bond donors (Lipinski definition) is 5. The number of ether oxygens (including phenoxy) is 1. The van der Waals surface area contributed by atoms with Gasteiger partial charge in [0.05, 0.1) is 19.4 Å². The van der Waals surface area contributed by atoms with Gasteiger partial charge in [0.2, 0.25) is 6.23 Å². The van der Waals surface area contributed by atoms with E-state index < -0.39 is 56.9 Å². The molecule has 4 aromatic heterocycles. The number of halogens is 1. The number of anilines is 1. The minimum absolute atomic E-state index is 0.0986. The molecule has 18 nitrogen and oxygen atoms in total. The molecular weight excluding hydrogens is 617 g/mol. The highest BCUT2D eigenvalue weighted by atomic mass is 32.7. The van der Waals surface area contributed by atoms with Crippen molar-refractivity contribution in [3.8, 4) is 0 Å². The van der Waals surface area contributed by atoms with Crippen LogP contribution < -0.4 is 16.0 Å². The third-order valence-corrected chi connectivity index (χ3v) is 9.19. The standard InChI is InChI=1S/C17H19FN10O8P2S2/c18-10-8-4-33-37(30,39)32-2-1-27-9(22-7-3-20-6-21-13(7)27)5-34-38(31,40)36-12(10)16(35-8)28-14-11(25-26-28)15(29)24-17(19)23-14/h3,6,8,10,12,16H,1-2,4-5H2,(H5,19,23,24,26,29,30,31,39,40)/p+1. The van der Waals surface area contributed by atoms with Crippen molar-refractivity contribution in [1.82, 2.24) is 39.8 Å². The molecule has 1 saturated heterocycles. The van der Waals surface area contributed by atoms with Gasteiger partial charge in [-0.1, -0.05) is 17.2 Å². The van der Waals surface area contributed by atoms with Crippen molar-refractivity contribution < 1.29 is 41.4 Å². The monoisotopic (exact) mass is 637 g/mol. The number of nitrogens with two attached hydrogens (primary N) is 1. The van der Waals surface area contributed by atoms with E-state index in [4.69, 9.17) is 40.4 Å². The SMILES string of the molecule is Nc1nc2c(n[nH][n+]2C2OC3COP(O)(=S)OCCn4c(nc5cncnc54)COP(=O)(S)OC2C3F)c(=O)[nH]1. The van der Waals surface area contributed by atoms with Crippen molar-refractivity contribution in [2.45, 2.75) is 37.8 Å². The van der Waals surface area contributed by atoms with Crippen LogP contribution in [0, 0.1) is 0 Å². The van der Waals surface area contributed by atoms with Crippen LogP contribution in [-0.2, 0) is 52.4 Å². The zero-order valence-electron chi connectivity index (χ0n) is 19.9. The van der Waals surface area contributed by atoms with E-state index in [9.17, 15) is 14.3 Å². The zero-order valence-corrected chi connectivity index (χ0v) is 23.4. The molecule has 6 heterocycles. The molecule has 1 fully saturated rings. The third kappa shape index (κ3) is 5.29. The number of nitrogens with one attached hydrogen (secondary N) is 2. The van der Waals surface area contributed by atoms with Crippen molar-refractivity contribution in [3.05, 3.63) is 28.7 Å². The Bertz CT molecular complexity index is 1750. The van der Waals surface area contributed by atoms with Gasteiger partial charge in [0.25, 0.3) is 5.95 Å². The van der Waals surface area contributed by atoms with E-state index in [2.05, 4.69) is 47.5 Å². The number of rotatable bonds is 1. The fourth-order valence-corrected chi connectivity index (χ4v) is 6.76. The van der Waals surface area contributed by atoms with Gasteiger partial charge in [-0.15, -0.1) is 9.90 Å². The first kappa shape index (κ1) is 27.7. The topological polar surface area (TPSA) is 231 Å². The summed E-state index contributed by atoms with van der Waals surface area (Å²) in [5, 5.41) is 6.37. The number of thiol groups is 1. The summed E-state index contributed by atoms with van der Waals surface area (Å²) in [7, 11) is 0. The Hall–Kier alpha value is -2.45. The van der Waals surface area contributed by atoms with Crippen LogP contribution in [0.25, 0.3) is 22.3 Å². The lowest BCUT2D eigenvalue weighted by molar-refractivity contribution is -0.795. The van der Waals surface area contributed by atoms with Crippen LogP contribution in [0.4, 0.5) is 10.3 Å². The van der Waals surface area contributed by atoms with Gasteiger partial charge in [0, 0.05) is 6.54 Å². The lowest BCUT2D eigenvalue weighted by Gasteiger charge is -2.21. The molecule has 0 saturated carbocycles. The summed E-state index contributed by atoms with van der Waals surface area (Å²) in [6.45, 7) is -9.19. The third-order valence-electron chi connectivity index (χ3n) is 5.98. The number of aromatic amines is 2. The van der Waals surface area contributed by atoms with E-state index in [1.54, 1.807) is 4.57 Å². The summed E-state index contributed by atoms with van der Waals surface area (Å²) in [5.41, 5.74) is 5.52. The lowest BCUT2D eigenvalue weighted by Crippen LogP contribution is -2.48. The molecule has 2 aliphatic heterocycles. The molecule has 23 heteroatoms. The zero-order chi connectivity index (χ0) is 28.2. The quantitative estimate of drug-likeness (QED) is 0.103. The summed E-state index contributed by atoms with van der Waals surface area (Å²) < 4.78 is 59.3. The second-order valence-corrected chi connectivity index (χ2v) is 14.2.